The molecule has 4 aromatic rings. The molecule has 1 amide bonds. The molecular formula is C26H27FN6O3. The summed E-state index contributed by atoms with van der Waals surface area (Å²) in [5, 5.41) is 13.6. The number of fused-ring (bicyclic) bond motifs is 1. The highest BCUT2D eigenvalue weighted by Crippen LogP contribution is 2.27. The van der Waals surface area contributed by atoms with E-state index in [9.17, 15) is 9.18 Å². The number of H-pyrrole nitrogens is 1. The second-order valence-corrected chi connectivity index (χ2v) is 8.75. The summed E-state index contributed by atoms with van der Waals surface area (Å²) in [5.74, 6) is 0.108. The van der Waals surface area contributed by atoms with Crippen molar-refractivity contribution in [2.45, 2.75) is 31.8 Å². The molecule has 3 N–H and O–H groups in total. The van der Waals surface area contributed by atoms with Gasteiger partial charge in [0, 0.05) is 42.3 Å². The van der Waals surface area contributed by atoms with E-state index in [1.54, 1.807) is 19.4 Å². The van der Waals surface area contributed by atoms with Crippen LogP contribution >= 0.6 is 0 Å². The first-order valence-electron chi connectivity index (χ1n) is 11.8. The van der Waals surface area contributed by atoms with E-state index in [4.69, 9.17) is 9.47 Å². The lowest BCUT2D eigenvalue weighted by Gasteiger charge is -2.23. The highest BCUT2D eigenvalue weighted by Gasteiger charge is 2.22. The average Bonchev–Trinajstić information content (AvgIpc) is 3.33. The largest absolute Gasteiger partial charge is 0.497 e. The monoisotopic (exact) mass is 490 g/mol. The zero-order valence-corrected chi connectivity index (χ0v) is 20.0. The Labute approximate surface area is 207 Å². The van der Waals surface area contributed by atoms with Crippen molar-refractivity contribution in [1.82, 2.24) is 25.5 Å². The molecule has 3 heterocycles. The topological polar surface area (TPSA) is 114 Å². The molecule has 186 valence electrons. The number of nitrogens with zero attached hydrogens (tertiary/aromatic N) is 3. The lowest BCUT2D eigenvalue weighted by molar-refractivity contribution is 0.0903. The SMILES string of the molecule is COc1ccc([C@H](NC(=O)c2cc(F)c3cnc(NC4CCOCC4)nc3c2)c2cn[nH]c2C)cc1. The van der Waals surface area contributed by atoms with Gasteiger partial charge < -0.3 is 20.1 Å². The summed E-state index contributed by atoms with van der Waals surface area (Å²) >= 11 is 0. The fourth-order valence-electron chi connectivity index (χ4n) is 4.32. The first-order chi connectivity index (χ1) is 17.5. The van der Waals surface area contributed by atoms with Gasteiger partial charge in [0.25, 0.3) is 5.91 Å². The van der Waals surface area contributed by atoms with Gasteiger partial charge in [-0.05, 0) is 49.6 Å². The number of halogens is 1. The average molecular weight is 491 g/mol. The van der Waals surface area contributed by atoms with Crippen LogP contribution in [0.15, 0.2) is 48.8 Å². The Morgan fingerprint density at radius 3 is 2.67 bits per heavy atom. The molecule has 1 aliphatic rings. The minimum Gasteiger partial charge on any atom is -0.497 e. The van der Waals surface area contributed by atoms with E-state index in [0.717, 1.165) is 29.7 Å². The van der Waals surface area contributed by atoms with Crippen molar-refractivity contribution in [2.24, 2.45) is 0 Å². The maximum Gasteiger partial charge on any atom is 0.252 e. The van der Waals surface area contributed by atoms with Crippen LogP contribution in [0.2, 0.25) is 0 Å². The molecule has 2 aromatic heterocycles. The second kappa shape index (κ2) is 10.3. The number of amides is 1. The molecule has 0 bridgehead atoms. The van der Waals surface area contributed by atoms with Crippen LogP contribution in [0.1, 0.15) is 46.1 Å². The van der Waals surface area contributed by atoms with Crippen LogP contribution < -0.4 is 15.4 Å². The van der Waals surface area contributed by atoms with Gasteiger partial charge >= 0.3 is 0 Å². The number of carbonyl (C=O) groups is 1. The summed E-state index contributed by atoms with van der Waals surface area (Å²) in [7, 11) is 1.59. The first kappa shape index (κ1) is 23.7. The van der Waals surface area contributed by atoms with Crippen LogP contribution in [0.25, 0.3) is 10.9 Å². The van der Waals surface area contributed by atoms with E-state index in [2.05, 4.69) is 30.8 Å². The number of anilines is 1. The normalized spacial score (nSPS) is 15.0. The molecule has 0 saturated carbocycles. The van der Waals surface area contributed by atoms with Crippen molar-refractivity contribution in [3.8, 4) is 5.75 Å². The van der Waals surface area contributed by atoms with Crippen molar-refractivity contribution in [3.63, 3.8) is 0 Å². The van der Waals surface area contributed by atoms with E-state index < -0.39 is 17.8 Å². The smallest absolute Gasteiger partial charge is 0.252 e. The zero-order chi connectivity index (χ0) is 25.1. The molecule has 1 fully saturated rings. The minimum atomic E-state index is -0.559. The number of nitrogens with one attached hydrogen (secondary N) is 3. The van der Waals surface area contributed by atoms with Gasteiger partial charge in [0.15, 0.2) is 0 Å². The second-order valence-electron chi connectivity index (χ2n) is 8.75. The third-order valence-electron chi connectivity index (χ3n) is 6.37. The van der Waals surface area contributed by atoms with Gasteiger partial charge in [0.05, 0.1) is 30.3 Å². The van der Waals surface area contributed by atoms with Crippen LogP contribution in [0.5, 0.6) is 5.75 Å². The van der Waals surface area contributed by atoms with Gasteiger partial charge in [0.2, 0.25) is 5.95 Å². The number of benzene rings is 2. The summed E-state index contributed by atoms with van der Waals surface area (Å²) in [6.45, 7) is 3.23. The Kier molecular flexibility index (Phi) is 6.77. The van der Waals surface area contributed by atoms with E-state index in [1.165, 1.54) is 12.3 Å². The van der Waals surface area contributed by atoms with E-state index in [1.807, 2.05) is 31.2 Å². The summed E-state index contributed by atoms with van der Waals surface area (Å²) < 4.78 is 25.6. The number of aromatic nitrogens is 4. The minimum absolute atomic E-state index is 0.162. The molecule has 36 heavy (non-hydrogen) atoms. The highest BCUT2D eigenvalue weighted by molar-refractivity contribution is 5.98. The van der Waals surface area contributed by atoms with Gasteiger partial charge in [-0.3, -0.25) is 9.89 Å². The predicted molar refractivity (Wildman–Crippen MR) is 133 cm³/mol. The van der Waals surface area contributed by atoms with Gasteiger partial charge in [-0.25, -0.2) is 14.4 Å². The van der Waals surface area contributed by atoms with Crippen molar-refractivity contribution in [2.75, 3.05) is 25.6 Å². The number of hydrogen-bond donors (Lipinski definition) is 3. The first-order valence-corrected chi connectivity index (χ1v) is 11.8. The number of hydrogen-bond acceptors (Lipinski definition) is 7. The Hall–Kier alpha value is -4.05. The number of aromatic amines is 1. The van der Waals surface area contributed by atoms with Gasteiger partial charge in [0.1, 0.15) is 11.6 Å². The lowest BCUT2D eigenvalue weighted by Crippen LogP contribution is -2.30. The number of carbonyl (C=O) groups excluding carboxylic acids is 1. The summed E-state index contributed by atoms with van der Waals surface area (Å²) in [5.41, 5.74) is 2.97. The number of aryl methyl sites for hydroxylation is 1. The molecule has 2 aromatic carbocycles. The van der Waals surface area contributed by atoms with Crippen LogP contribution in [-0.4, -0.2) is 52.4 Å². The van der Waals surface area contributed by atoms with Crippen molar-refractivity contribution >= 4 is 22.8 Å². The Morgan fingerprint density at radius 1 is 1.19 bits per heavy atom. The molecule has 10 heteroatoms. The molecule has 1 aliphatic heterocycles. The molecule has 0 unspecified atom stereocenters. The van der Waals surface area contributed by atoms with Crippen LogP contribution in [-0.2, 0) is 4.74 Å². The van der Waals surface area contributed by atoms with Crippen molar-refractivity contribution in [3.05, 3.63) is 77.0 Å². The van der Waals surface area contributed by atoms with Gasteiger partial charge in [-0.15, -0.1) is 0 Å². The quantitative estimate of drug-likeness (QED) is 0.360. The molecule has 0 spiro atoms. The maximum atomic E-state index is 15.0. The van der Waals surface area contributed by atoms with Crippen molar-refractivity contribution < 1.29 is 18.7 Å². The Bertz CT molecular complexity index is 1370. The molecule has 9 nitrogen and oxygen atoms in total. The molecule has 1 atom stereocenters. The lowest BCUT2D eigenvalue weighted by atomic mass is 9.98. The molecule has 1 saturated heterocycles. The number of ether oxygens (including phenoxy) is 2. The van der Waals surface area contributed by atoms with Crippen molar-refractivity contribution in [1.29, 1.82) is 0 Å². The third kappa shape index (κ3) is 4.99. The third-order valence-corrected chi connectivity index (χ3v) is 6.37. The molecule has 5 rings (SSSR count). The summed E-state index contributed by atoms with van der Waals surface area (Å²) in [4.78, 5) is 22.1. The summed E-state index contributed by atoms with van der Waals surface area (Å²) in [6.07, 6.45) is 4.81. The van der Waals surface area contributed by atoms with Crippen LogP contribution in [0, 0.1) is 12.7 Å². The van der Waals surface area contributed by atoms with Crippen LogP contribution in [0.3, 0.4) is 0 Å². The van der Waals surface area contributed by atoms with Gasteiger partial charge in [-0.1, -0.05) is 12.1 Å². The molecule has 0 aliphatic carbocycles. The Morgan fingerprint density at radius 2 is 1.97 bits per heavy atom. The van der Waals surface area contributed by atoms with E-state index in [-0.39, 0.29) is 17.0 Å². The maximum absolute atomic E-state index is 15.0. The van der Waals surface area contributed by atoms with Gasteiger partial charge in [-0.2, -0.15) is 5.10 Å². The summed E-state index contributed by atoms with van der Waals surface area (Å²) in [6, 6.07) is 9.87. The number of methoxy groups -OCH3 is 1. The Balaban J connectivity index is 1.43. The fourth-order valence-corrected chi connectivity index (χ4v) is 4.32. The fraction of sp³-hybridized carbons (Fsp3) is 0.308. The zero-order valence-electron chi connectivity index (χ0n) is 20.0. The number of rotatable bonds is 7. The van der Waals surface area contributed by atoms with E-state index >= 15 is 0 Å². The molecule has 0 radical (unpaired) electrons. The predicted octanol–water partition coefficient (Wildman–Crippen LogP) is 3.92. The van der Waals surface area contributed by atoms with E-state index in [0.29, 0.717) is 30.4 Å². The van der Waals surface area contributed by atoms with Crippen LogP contribution in [0.4, 0.5) is 10.3 Å². The highest BCUT2D eigenvalue weighted by atomic mass is 19.1. The molecular weight excluding hydrogens is 463 g/mol. The standard InChI is InChI=1S/C26H27FN6O3/c1-15-20(14-29-33-15)24(16-3-5-19(35-2)6-4-16)32-25(34)17-11-22(27)21-13-28-26(31-23(21)12-17)30-18-7-9-36-10-8-18/h3-6,11-14,18,24H,7-10H2,1-2H3,(H,29,33)(H,32,34)(H,28,30,31)/t24-/m0/s1.